The maximum absolute atomic E-state index is 12.5. The minimum Gasteiger partial charge on any atom is -0.483 e. The van der Waals surface area contributed by atoms with E-state index < -0.39 is 0 Å². The topological polar surface area (TPSA) is 58.6 Å². The largest absolute Gasteiger partial charge is 0.483 e. The van der Waals surface area contributed by atoms with Crippen molar-refractivity contribution in [2.24, 2.45) is 5.92 Å². The van der Waals surface area contributed by atoms with E-state index in [0.717, 1.165) is 63.6 Å². The maximum atomic E-state index is 12.5. The van der Waals surface area contributed by atoms with Crippen molar-refractivity contribution in [3.8, 4) is 5.75 Å². The molecular weight excluding hydrogens is 328 g/mol. The van der Waals surface area contributed by atoms with E-state index >= 15 is 0 Å². The summed E-state index contributed by atoms with van der Waals surface area (Å²) in [7, 11) is 0. The summed E-state index contributed by atoms with van der Waals surface area (Å²) >= 11 is 0. The molecule has 1 unspecified atom stereocenters. The van der Waals surface area contributed by atoms with Crippen molar-refractivity contribution in [2.75, 3.05) is 19.7 Å². The van der Waals surface area contributed by atoms with Crippen LogP contribution in [0.4, 0.5) is 0 Å². The number of rotatable bonds is 7. The molecule has 5 heteroatoms. The molecule has 1 aliphatic heterocycles. The van der Waals surface area contributed by atoms with Gasteiger partial charge in [-0.1, -0.05) is 38.0 Å². The van der Waals surface area contributed by atoms with Gasteiger partial charge in [-0.15, -0.1) is 0 Å². The van der Waals surface area contributed by atoms with Gasteiger partial charge in [0.2, 0.25) is 5.91 Å². The van der Waals surface area contributed by atoms with E-state index in [9.17, 15) is 9.59 Å². The SMILES string of the molecule is CCC(NC(=O)C1CCCC1)c1ccccc1OCC(=O)N1CCCC1. The zero-order valence-electron chi connectivity index (χ0n) is 15.7. The molecule has 1 atom stereocenters. The predicted molar refractivity (Wildman–Crippen MR) is 101 cm³/mol. The highest BCUT2D eigenvalue weighted by molar-refractivity contribution is 5.79. The lowest BCUT2D eigenvalue weighted by Gasteiger charge is -2.23. The van der Waals surface area contributed by atoms with E-state index in [0.29, 0.717) is 5.75 Å². The summed E-state index contributed by atoms with van der Waals surface area (Å²) in [6.07, 6.45) is 7.22. The Labute approximate surface area is 156 Å². The van der Waals surface area contributed by atoms with Gasteiger partial charge < -0.3 is 15.0 Å². The Morgan fingerprint density at radius 2 is 1.85 bits per heavy atom. The smallest absolute Gasteiger partial charge is 0.260 e. The quantitative estimate of drug-likeness (QED) is 0.812. The molecule has 2 amide bonds. The van der Waals surface area contributed by atoms with Crippen LogP contribution < -0.4 is 10.1 Å². The number of ether oxygens (including phenoxy) is 1. The minimum atomic E-state index is -0.0822. The van der Waals surface area contributed by atoms with E-state index in [-0.39, 0.29) is 30.4 Å². The number of carbonyl (C=O) groups is 2. The molecule has 0 radical (unpaired) electrons. The molecule has 1 N–H and O–H groups in total. The first kappa shape index (κ1) is 18.7. The number of carbonyl (C=O) groups excluding carboxylic acids is 2. The molecule has 5 nitrogen and oxygen atoms in total. The van der Waals surface area contributed by atoms with Crippen LogP contribution in [0.25, 0.3) is 0 Å². The van der Waals surface area contributed by atoms with Crippen molar-refractivity contribution in [3.05, 3.63) is 29.8 Å². The standard InChI is InChI=1S/C21H30N2O3/c1-2-18(22-21(25)16-9-3-4-10-16)17-11-5-6-12-19(17)26-15-20(24)23-13-7-8-14-23/h5-6,11-12,16,18H,2-4,7-10,13-15H2,1H3,(H,22,25). The number of para-hydroxylation sites is 1. The van der Waals surface area contributed by atoms with Crippen LogP contribution in [-0.4, -0.2) is 36.4 Å². The average molecular weight is 358 g/mol. The number of hydrogen-bond acceptors (Lipinski definition) is 3. The molecule has 142 valence electrons. The molecule has 0 spiro atoms. The Hall–Kier alpha value is -2.04. The number of amides is 2. The summed E-state index contributed by atoms with van der Waals surface area (Å²) in [6, 6.07) is 7.65. The fourth-order valence-corrected chi connectivity index (χ4v) is 3.97. The second-order valence-corrected chi connectivity index (χ2v) is 7.37. The van der Waals surface area contributed by atoms with Gasteiger partial charge in [0.15, 0.2) is 6.61 Å². The lowest BCUT2D eigenvalue weighted by atomic mass is 10.0. The van der Waals surface area contributed by atoms with Gasteiger partial charge in [-0.05, 0) is 38.2 Å². The van der Waals surface area contributed by atoms with Crippen LogP contribution in [0.1, 0.15) is 63.5 Å². The first-order chi connectivity index (χ1) is 12.7. The van der Waals surface area contributed by atoms with Crippen molar-refractivity contribution in [1.29, 1.82) is 0 Å². The molecule has 0 bridgehead atoms. The summed E-state index contributed by atoms with van der Waals surface area (Å²) in [5, 5.41) is 3.19. The highest BCUT2D eigenvalue weighted by Crippen LogP contribution is 2.30. The van der Waals surface area contributed by atoms with Crippen LogP contribution >= 0.6 is 0 Å². The minimum absolute atomic E-state index is 0.0420. The fourth-order valence-electron chi connectivity index (χ4n) is 3.97. The average Bonchev–Trinajstić information content (AvgIpc) is 3.38. The molecule has 26 heavy (non-hydrogen) atoms. The van der Waals surface area contributed by atoms with Gasteiger partial charge in [0.25, 0.3) is 5.91 Å². The Balaban J connectivity index is 1.63. The highest BCUT2D eigenvalue weighted by Gasteiger charge is 2.26. The van der Waals surface area contributed by atoms with Gasteiger partial charge in [-0.3, -0.25) is 9.59 Å². The van der Waals surface area contributed by atoms with Gasteiger partial charge in [-0.2, -0.15) is 0 Å². The molecule has 0 aromatic heterocycles. The molecule has 3 rings (SSSR count). The molecule has 2 aliphatic rings. The van der Waals surface area contributed by atoms with E-state index in [1.165, 1.54) is 0 Å². The van der Waals surface area contributed by atoms with Crippen molar-refractivity contribution in [1.82, 2.24) is 10.2 Å². The van der Waals surface area contributed by atoms with E-state index in [1.54, 1.807) is 0 Å². The zero-order chi connectivity index (χ0) is 18.4. The Kier molecular flexibility index (Phi) is 6.53. The van der Waals surface area contributed by atoms with Gasteiger partial charge >= 0.3 is 0 Å². The molecule has 2 fully saturated rings. The molecule has 1 aromatic rings. The molecule has 1 aliphatic carbocycles. The lowest BCUT2D eigenvalue weighted by molar-refractivity contribution is -0.132. The second kappa shape index (κ2) is 9.06. The molecule has 1 heterocycles. The van der Waals surface area contributed by atoms with Crippen molar-refractivity contribution >= 4 is 11.8 Å². The monoisotopic (exact) mass is 358 g/mol. The predicted octanol–water partition coefficient (Wildman–Crippen LogP) is 3.45. The zero-order valence-corrected chi connectivity index (χ0v) is 15.7. The highest BCUT2D eigenvalue weighted by atomic mass is 16.5. The van der Waals surface area contributed by atoms with E-state index in [1.807, 2.05) is 29.2 Å². The third-order valence-corrected chi connectivity index (χ3v) is 5.56. The van der Waals surface area contributed by atoms with Crippen LogP contribution in [0.3, 0.4) is 0 Å². The van der Waals surface area contributed by atoms with Gasteiger partial charge in [0.1, 0.15) is 5.75 Å². The first-order valence-electron chi connectivity index (χ1n) is 9.99. The number of nitrogens with one attached hydrogen (secondary N) is 1. The molecule has 1 saturated heterocycles. The number of benzene rings is 1. The van der Waals surface area contributed by atoms with Gasteiger partial charge in [0, 0.05) is 24.6 Å². The molecular formula is C21H30N2O3. The van der Waals surface area contributed by atoms with Crippen LogP contribution in [0, 0.1) is 5.92 Å². The third kappa shape index (κ3) is 4.57. The number of nitrogens with zero attached hydrogens (tertiary/aromatic N) is 1. The van der Waals surface area contributed by atoms with Crippen molar-refractivity contribution < 1.29 is 14.3 Å². The number of likely N-dealkylation sites (tertiary alicyclic amines) is 1. The van der Waals surface area contributed by atoms with Crippen LogP contribution in [0.5, 0.6) is 5.75 Å². The second-order valence-electron chi connectivity index (χ2n) is 7.37. The Morgan fingerprint density at radius 3 is 2.54 bits per heavy atom. The number of hydrogen-bond donors (Lipinski definition) is 1. The van der Waals surface area contributed by atoms with Crippen molar-refractivity contribution in [3.63, 3.8) is 0 Å². The van der Waals surface area contributed by atoms with Crippen LogP contribution in [0.2, 0.25) is 0 Å². The summed E-state index contributed by atoms with van der Waals surface area (Å²) in [5.74, 6) is 1.03. The van der Waals surface area contributed by atoms with E-state index in [2.05, 4.69) is 12.2 Å². The first-order valence-corrected chi connectivity index (χ1v) is 9.99. The Morgan fingerprint density at radius 1 is 1.15 bits per heavy atom. The normalized spacial score (nSPS) is 18.7. The third-order valence-electron chi connectivity index (χ3n) is 5.56. The van der Waals surface area contributed by atoms with E-state index in [4.69, 9.17) is 4.74 Å². The van der Waals surface area contributed by atoms with Crippen LogP contribution in [0.15, 0.2) is 24.3 Å². The van der Waals surface area contributed by atoms with Crippen molar-refractivity contribution in [2.45, 2.75) is 57.9 Å². The lowest BCUT2D eigenvalue weighted by Crippen LogP contribution is -2.34. The van der Waals surface area contributed by atoms with Gasteiger partial charge in [-0.25, -0.2) is 0 Å². The van der Waals surface area contributed by atoms with Crippen LogP contribution in [-0.2, 0) is 9.59 Å². The summed E-state index contributed by atoms with van der Waals surface area (Å²) in [5.41, 5.74) is 0.954. The van der Waals surface area contributed by atoms with Gasteiger partial charge in [0.05, 0.1) is 6.04 Å². The summed E-state index contributed by atoms with van der Waals surface area (Å²) in [6.45, 7) is 3.79. The fraction of sp³-hybridized carbons (Fsp3) is 0.619. The molecule has 1 aromatic carbocycles. The molecule has 1 saturated carbocycles. The maximum Gasteiger partial charge on any atom is 0.260 e. The summed E-state index contributed by atoms with van der Waals surface area (Å²) in [4.78, 5) is 26.6. The summed E-state index contributed by atoms with van der Waals surface area (Å²) < 4.78 is 5.86. The Bertz CT molecular complexity index is 619.